The van der Waals surface area contributed by atoms with Crippen molar-refractivity contribution in [3.8, 4) is 11.4 Å². The maximum atomic E-state index is 13.2. The Balaban J connectivity index is 2.18. The number of ether oxygens (including phenoxy) is 1. The first-order valence-corrected chi connectivity index (χ1v) is 5.96. The highest BCUT2D eigenvalue weighted by Crippen LogP contribution is 2.19. The number of aryl methyl sites for hydroxylation is 1. The third-order valence-corrected chi connectivity index (χ3v) is 2.88. The molecule has 19 heavy (non-hydrogen) atoms. The van der Waals surface area contributed by atoms with E-state index in [-0.39, 0.29) is 11.9 Å². The highest BCUT2D eigenvalue weighted by Gasteiger charge is 2.14. The summed E-state index contributed by atoms with van der Waals surface area (Å²) in [5.74, 6) is 0.634. The van der Waals surface area contributed by atoms with Crippen molar-refractivity contribution in [2.75, 3.05) is 13.7 Å². The molecule has 0 saturated carbocycles. The number of rotatable bonds is 5. The fourth-order valence-electron chi connectivity index (χ4n) is 1.70. The summed E-state index contributed by atoms with van der Waals surface area (Å²) >= 11 is 0. The minimum absolute atomic E-state index is 0.150. The Hall–Kier alpha value is -1.79. The normalized spacial score (nSPS) is 12.6. The minimum Gasteiger partial charge on any atom is -0.380 e. The van der Waals surface area contributed by atoms with Crippen LogP contribution in [0.5, 0.6) is 0 Å². The zero-order valence-corrected chi connectivity index (χ0v) is 10.9. The van der Waals surface area contributed by atoms with Gasteiger partial charge in [-0.1, -0.05) is 5.16 Å². The van der Waals surface area contributed by atoms with Gasteiger partial charge in [0.25, 0.3) is 0 Å². The number of halogens is 1. The van der Waals surface area contributed by atoms with E-state index >= 15 is 0 Å². The van der Waals surface area contributed by atoms with Gasteiger partial charge >= 0.3 is 0 Å². The summed E-state index contributed by atoms with van der Waals surface area (Å²) in [7, 11) is 1.58. The Labute approximate surface area is 110 Å². The molecule has 102 valence electrons. The second-order valence-corrected chi connectivity index (χ2v) is 4.27. The summed E-state index contributed by atoms with van der Waals surface area (Å²) in [5, 5.41) is 3.87. The van der Waals surface area contributed by atoms with Crippen molar-refractivity contribution in [3.05, 3.63) is 35.5 Å². The molecule has 0 radical (unpaired) electrons. The van der Waals surface area contributed by atoms with Crippen molar-refractivity contribution in [3.63, 3.8) is 0 Å². The SMILES string of the molecule is COC(CN)Cc1nc(-c2ccc(F)c(C)c2)no1. The summed E-state index contributed by atoms with van der Waals surface area (Å²) in [6.45, 7) is 2.07. The van der Waals surface area contributed by atoms with Crippen molar-refractivity contribution < 1.29 is 13.7 Å². The molecule has 0 fully saturated rings. The van der Waals surface area contributed by atoms with Crippen LogP contribution in [0, 0.1) is 12.7 Å². The van der Waals surface area contributed by atoms with E-state index in [1.807, 2.05) is 0 Å². The van der Waals surface area contributed by atoms with Gasteiger partial charge in [-0.3, -0.25) is 0 Å². The van der Waals surface area contributed by atoms with Gasteiger partial charge in [0.1, 0.15) is 5.82 Å². The number of methoxy groups -OCH3 is 1. The molecule has 0 spiro atoms. The Bertz CT molecular complexity index is 553. The van der Waals surface area contributed by atoms with Crippen LogP contribution in [-0.4, -0.2) is 29.9 Å². The molecule has 2 aromatic rings. The van der Waals surface area contributed by atoms with Crippen LogP contribution < -0.4 is 5.73 Å². The molecule has 0 aliphatic heterocycles. The monoisotopic (exact) mass is 265 g/mol. The highest BCUT2D eigenvalue weighted by atomic mass is 19.1. The summed E-state index contributed by atoms with van der Waals surface area (Å²) in [6.07, 6.45) is 0.309. The van der Waals surface area contributed by atoms with Gasteiger partial charge in [-0.25, -0.2) is 4.39 Å². The van der Waals surface area contributed by atoms with Gasteiger partial charge in [0.05, 0.1) is 12.5 Å². The molecular formula is C13H16FN3O2. The van der Waals surface area contributed by atoms with Crippen LogP contribution in [0.2, 0.25) is 0 Å². The number of hydrogen-bond donors (Lipinski definition) is 1. The van der Waals surface area contributed by atoms with Crippen LogP contribution in [0.4, 0.5) is 4.39 Å². The molecular weight excluding hydrogens is 249 g/mol. The van der Waals surface area contributed by atoms with Crippen LogP contribution >= 0.6 is 0 Å². The average Bonchev–Trinajstić information content (AvgIpc) is 2.87. The molecule has 1 atom stereocenters. The second kappa shape index (κ2) is 5.90. The first-order valence-electron chi connectivity index (χ1n) is 5.96. The van der Waals surface area contributed by atoms with Crippen LogP contribution in [-0.2, 0) is 11.2 Å². The van der Waals surface area contributed by atoms with Crippen molar-refractivity contribution in [1.82, 2.24) is 10.1 Å². The molecule has 1 aromatic heterocycles. The van der Waals surface area contributed by atoms with E-state index in [9.17, 15) is 4.39 Å². The third kappa shape index (κ3) is 3.15. The largest absolute Gasteiger partial charge is 0.380 e. The van der Waals surface area contributed by atoms with E-state index in [1.165, 1.54) is 6.07 Å². The topological polar surface area (TPSA) is 74.2 Å². The lowest BCUT2D eigenvalue weighted by molar-refractivity contribution is 0.102. The van der Waals surface area contributed by atoms with E-state index in [0.717, 1.165) is 5.56 Å². The van der Waals surface area contributed by atoms with Crippen molar-refractivity contribution in [2.45, 2.75) is 19.4 Å². The van der Waals surface area contributed by atoms with Gasteiger partial charge in [-0.2, -0.15) is 4.98 Å². The molecule has 2 N–H and O–H groups in total. The Kier molecular flexibility index (Phi) is 4.24. The van der Waals surface area contributed by atoms with Gasteiger partial charge in [0, 0.05) is 19.2 Å². The van der Waals surface area contributed by atoms with Crippen LogP contribution in [0.3, 0.4) is 0 Å². The average molecular weight is 265 g/mol. The van der Waals surface area contributed by atoms with Gasteiger partial charge in [0.15, 0.2) is 0 Å². The van der Waals surface area contributed by atoms with Crippen LogP contribution in [0.1, 0.15) is 11.5 Å². The quantitative estimate of drug-likeness (QED) is 0.890. The molecule has 0 aliphatic carbocycles. The second-order valence-electron chi connectivity index (χ2n) is 4.27. The molecule has 1 heterocycles. The number of hydrogen-bond acceptors (Lipinski definition) is 5. The van der Waals surface area contributed by atoms with Gasteiger partial charge in [0.2, 0.25) is 11.7 Å². The van der Waals surface area contributed by atoms with Crippen LogP contribution in [0.15, 0.2) is 22.7 Å². The first-order chi connectivity index (χ1) is 9.13. The molecule has 0 bridgehead atoms. The van der Waals surface area contributed by atoms with Crippen molar-refractivity contribution in [1.29, 1.82) is 0 Å². The molecule has 1 unspecified atom stereocenters. The molecule has 1 aromatic carbocycles. The maximum absolute atomic E-state index is 13.2. The molecule has 0 aliphatic rings. The summed E-state index contributed by atoms with van der Waals surface area (Å²) in [6, 6.07) is 4.69. The molecule has 0 saturated heterocycles. The fourth-order valence-corrected chi connectivity index (χ4v) is 1.70. The Morgan fingerprint density at radius 2 is 2.26 bits per heavy atom. The molecule has 0 amide bonds. The lowest BCUT2D eigenvalue weighted by Gasteiger charge is -2.08. The van der Waals surface area contributed by atoms with Gasteiger partial charge in [-0.15, -0.1) is 0 Å². The number of aromatic nitrogens is 2. The van der Waals surface area contributed by atoms with E-state index in [0.29, 0.717) is 30.2 Å². The van der Waals surface area contributed by atoms with Gasteiger partial charge < -0.3 is 15.0 Å². The maximum Gasteiger partial charge on any atom is 0.229 e. The predicted octanol–water partition coefficient (Wildman–Crippen LogP) is 1.70. The predicted molar refractivity (Wildman–Crippen MR) is 68.0 cm³/mol. The van der Waals surface area contributed by atoms with E-state index in [2.05, 4.69) is 10.1 Å². The molecule has 2 rings (SSSR count). The van der Waals surface area contributed by atoms with Crippen molar-refractivity contribution in [2.24, 2.45) is 5.73 Å². The summed E-state index contributed by atoms with van der Waals surface area (Å²) in [5.41, 5.74) is 6.79. The van der Waals surface area contributed by atoms with Crippen molar-refractivity contribution >= 4 is 0 Å². The Morgan fingerprint density at radius 3 is 2.89 bits per heavy atom. The first kappa shape index (κ1) is 13.6. The minimum atomic E-state index is -0.255. The number of nitrogens with zero attached hydrogens (tertiary/aromatic N) is 2. The van der Waals surface area contributed by atoms with E-state index in [4.69, 9.17) is 15.0 Å². The number of nitrogens with two attached hydrogens (primary N) is 1. The lowest BCUT2D eigenvalue weighted by Crippen LogP contribution is -2.24. The van der Waals surface area contributed by atoms with E-state index in [1.54, 1.807) is 26.2 Å². The fraction of sp³-hybridized carbons (Fsp3) is 0.385. The van der Waals surface area contributed by atoms with Crippen LogP contribution in [0.25, 0.3) is 11.4 Å². The highest BCUT2D eigenvalue weighted by molar-refractivity contribution is 5.55. The lowest BCUT2D eigenvalue weighted by atomic mass is 10.1. The Morgan fingerprint density at radius 1 is 1.47 bits per heavy atom. The zero-order chi connectivity index (χ0) is 13.8. The smallest absolute Gasteiger partial charge is 0.229 e. The molecule has 6 heteroatoms. The molecule has 5 nitrogen and oxygen atoms in total. The third-order valence-electron chi connectivity index (χ3n) is 2.88. The van der Waals surface area contributed by atoms with E-state index < -0.39 is 0 Å². The van der Waals surface area contributed by atoms with Gasteiger partial charge in [-0.05, 0) is 30.7 Å². The standard InChI is InChI=1S/C13H16FN3O2/c1-8-5-9(3-4-11(8)14)13-16-12(19-17-13)6-10(7-15)18-2/h3-5,10H,6-7,15H2,1-2H3. The number of benzene rings is 1. The summed E-state index contributed by atoms with van der Waals surface area (Å²) < 4.78 is 23.5. The zero-order valence-electron chi connectivity index (χ0n) is 10.9. The summed E-state index contributed by atoms with van der Waals surface area (Å²) in [4.78, 5) is 4.25.